The summed E-state index contributed by atoms with van der Waals surface area (Å²) in [7, 11) is 3.15. The molecule has 0 saturated heterocycles. The fourth-order valence-electron chi connectivity index (χ4n) is 4.03. The zero-order valence-corrected chi connectivity index (χ0v) is 16.7. The molecule has 0 amide bonds. The normalized spacial score (nSPS) is 15.2. The van der Waals surface area contributed by atoms with Gasteiger partial charge in [-0.15, -0.1) is 0 Å². The highest BCUT2D eigenvalue weighted by Gasteiger charge is 2.38. The Balaban J connectivity index is 1.75. The summed E-state index contributed by atoms with van der Waals surface area (Å²) in [6.07, 6.45) is 2.19. The van der Waals surface area contributed by atoms with E-state index in [0.717, 1.165) is 23.7 Å². The van der Waals surface area contributed by atoms with Crippen molar-refractivity contribution >= 4 is 21.9 Å². The van der Waals surface area contributed by atoms with Gasteiger partial charge in [0.05, 0.1) is 18.1 Å². The first-order valence-corrected chi connectivity index (χ1v) is 9.74. The Kier molecular flexibility index (Phi) is 3.81. The van der Waals surface area contributed by atoms with Crippen molar-refractivity contribution in [2.45, 2.75) is 26.3 Å². The molecule has 2 aromatic heterocycles. The SMILES string of the molecule is COc1nc2ccccc2cc1-c1ccc2c(c1F)n(C)c(=O)n2CC1(C)CC1. The molecule has 6 heteroatoms. The molecule has 0 N–H and O–H groups in total. The number of nitrogens with zero attached hydrogens (tertiary/aromatic N) is 3. The van der Waals surface area contributed by atoms with E-state index in [2.05, 4.69) is 11.9 Å². The lowest BCUT2D eigenvalue weighted by molar-refractivity contribution is 0.401. The second-order valence-corrected chi connectivity index (χ2v) is 8.27. The highest BCUT2D eigenvalue weighted by Crippen LogP contribution is 2.46. The first-order valence-electron chi connectivity index (χ1n) is 9.74. The number of hydrogen-bond donors (Lipinski definition) is 0. The Morgan fingerprint density at radius 1 is 1.17 bits per heavy atom. The molecule has 1 aliphatic carbocycles. The molecule has 2 aromatic carbocycles. The van der Waals surface area contributed by atoms with E-state index in [4.69, 9.17) is 4.74 Å². The molecular weight excluding hydrogens is 369 g/mol. The van der Waals surface area contributed by atoms with Gasteiger partial charge in [-0.3, -0.25) is 9.13 Å². The number of ether oxygens (including phenoxy) is 1. The average molecular weight is 391 g/mol. The molecule has 29 heavy (non-hydrogen) atoms. The lowest BCUT2D eigenvalue weighted by atomic mass is 10.0. The molecule has 1 fully saturated rings. The second kappa shape index (κ2) is 6.17. The van der Waals surface area contributed by atoms with Crippen molar-refractivity contribution in [3.05, 3.63) is 58.8 Å². The summed E-state index contributed by atoms with van der Waals surface area (Å²) in [4.78, 5) is 17.3. The number of hydrogen-bond acceptors (Lipinski definition) is 3. The summed E-state index contributed by atoms with van der Waals surface area (Å²) in [6, 6.07) is 13.1. The maximum Gasteiger partial charge on any atom is 0.328 e. The fraction of sp³-hybridized carbons (Fsp3) is 0.304. The van der Waals surface area contributed by atoms with Crippen molar-refractivity contribution in [2.24, 2.45) is 12.5 Å². The third kappa shape index (κ3) is 2.74. The van der Waals surface area contributed by atoms with E-state index in [1.807, 2.05) is 36.4 Å². The van der Waals surface area contributed by atoms with Crippen molar-refractivity contribution < 1.29 is 9.13 Å². The zero-order chi connectivity index (χ0) is 20.3. The standard InChI is InChI=1S/C23H22FN3O2/c1-23(10-11-23)13-27-18-9-8-15(19(24)20(18)26(2)22(27)28)16-12-14-6-4-5-7-17(14)25-21(16)29-3/h4-9,12H,10-11,13H2,1-3H3. The number of aromatic nitrogens is 3. The first kappa shape index (κ1) is 17.9. The number of pyridine rings is 1. The molecule has 0 radical (unpaired) electrons. The second-order valence-electron chi connectivity index (χ2n) is 8.27. The van der Waals surface area contributed by atoms with E-state index in [-0.39, 0.29) is 11.1 Å². The van der Waals surface area contributed by atoms with E-state index in [9.17, 15) is 4.79 Å². The van der Waals surface area contributed by atoms with Crippen LogP contribution >= 0.6 is 0 Å². The summed E-state index contributed by atoms with van der Waals surface area (Å²) in [6.45, 7) is 2.78. The highest BCUT2D eigenvalue weighted by molar-refractivity contribution is 5.90. The van der Waals surface area contributed by atoms with Crippen LogP contribution in [0.15, 0.2) is 47.3 Å². The fourth-order valence-corrected chi connectivity index (χ4v) is 4.03. The number of para-hydroxylation sites is 1. The predicted octanol–water partition coefficient (Wildman–Crippen LogP) is 4.50. The van der Waals surface area contributed by atoms with Gasteiger partial charge in [-0.25, -0.2) is 14.2 Å². The molecule has 2 heterocycles. The van der Waals surface area contributed by atoms with Gasteiger partial charge in [0.15, 0.2) is 5.82 Å². The van der Waals surface area contributed by atoms with Crippen molar-refractivity contribution in [3.63, 3.8) is 0 Å². The smallest absolute Gasteiger partial charge is 0.328 e. The van der Waals surface area contributed by atoms with Crippen LogP contribution in [-0.4, -0.2) is 21.2 Å². The van der Waals surface area contributed by atoms with Crippen LogP contribution in [0.2, 0.25) is 0 Å². The van der Waals surface area contributed by atoms with Crippen LogP contribution in [0.1, 0.15) is 19.8 Å². The number of benzene rings is 2. The van der Waals surface area contributed by atoms with E-state index in [1.54, 1.807) is 17.7 Å². The largest absolute Gasteiger partial charge is 0.481 e. The molecule has 0 bridgehead atoms. The Bertz CT molecular complexity index is 1330. The van der Waals surface area contributed by atoms with Gasteiger partial charge >= 0.3 is 5.69 Å². The van der Waals surface area contributed by atoms with Gasteiger partial charge in [0.25, 0.3) is 0 Å². The molecule has 0 aliphatic heterocycles. The topological polar surface area (TPSA) is 49.1 Å². The van der Waals surface area contributed by atoms with Crippen LogP contribution in [0.4, 0.5) is 4.39 Å². The minimum absolute atomic E-state index is 0.138. The van der Waals surface area contributed by atoms with E-state index < -0.39 is 5.82 Å². The molecule has 4 aromatic rings. The van der Waals surface area contributed by atoms with E-state index in [0.29, 0.717) is 34.6 Å². The number of imidazole rings is 1. The summed E-state index contributed by atoms with van der Waals surface area (Å²) in [5.41, 5.74) is 2.61. The van der Waals surface area contributed by atoms with Gasteiger partial charge in [0, 0.05) is 30.1 Å². The zero-order valence-electron chi connectivity index (χ0n) is 16.7. The number of fused-ring (bicyclic) bond motifs is 2. The summed E-state index contributed by atoms with van der Waals surface area (Å²) in [5.74, 6) is -0.0749. The van der Waals surface area contributed by atoms with Gasteiger partial charge in [0.1, 0.15) is 5.52 Å². The van der Waals surface area contributed by atoms with E-state index >= 15 is 4.39 Å². The molecule has 5 nitrogen and oxygen atoms in total. The maximum atomic E-state index is 15.7. The lowest BCUT2D eigenvalue weighted by Crippen LogP contribution is -2.25. The molecule has 148 valence electrons. The summed E-state index contributed by atoms with van der Waals surface area (Å²) < 4.78 is 24.3. The Hall–Kier alpha value is -3.15. The number of methoxy groups -OCH3 is 1. The van der Waals surface area contributed by atoms with Crippen LogP contribution < -0.4 is 10.4 Å². The first-order chi connectivity index (χ1) is 13.9. The lowest BCUT2D eigenvalue weighted by Gasteiger charge is -2.12. The predicted molar refractivity (Wildman–Crippen MR) is 112 cm³/mol. The van der Waals surface area contributed by atoms with Gasteiger partial charge in [-0.1, -0.05) is 25.1 Å². The van der Waals surface area contributed by atoms with Crippen molar-refractivity contribution in [2.75, 3.05) is 7.11 Å². The van der Waals surface area contributed by atoms with Crippen LogP contribution in [0.5, 0.6) is 5.88 Å². The average Bonchev–Trinajstić information content (AvgIpc) is 3.41. The number of halogens is 1. The maximum absolute atomic E-state index is 15.7. The monoisotopic (exact) mass is 391 g/mol. The Labute approximate surface area is 167 Å². The molecule has 0 atom stereocenters. The van der Waals surface area contributed by atoms with Crippen LogP contribution in [-0.2, 0) is 13.6 Å². The molecule has 0 spiro atoms. The molecule has 0 unspecified atom stereocenters. The minimum Gasteiger partial charge on any atom is -0.481 e. The van der Waals surface area contributed by atoms with Crippen molar-refractivity contribution in [3.8, 4) is 17.0 Å². The highest BCUT2D eigenvalue weighted by atomic mass is 19.1. The molecule has 5 rings (SSSR count). The van der Waals surface area contributed by atoms with Crippen molar-refractivity contribution in [1.29, 1.82) is 0 Å². The van der Waals surface area contributed by atoms with Gasteiger partial charge in [-0.05, 0) is 42.5 Å². The van der Waals surface area contributed by atoms with Gasteiger partial charge < -0.3 is 4.74 Å². The van der Waals surface area contributed by atoms with Gasteiger partial charge in [0.2, 0.25) is 5.88 Å². The molecule has 1 aliphatic rings. The Morgan fingerprint density at radius 3 is 2.66 bits per heavy atom. The summed E-state index contributed by atoms with van der Waals surface area (Å²) >= 11 is 0. The Morgan fingerprint density at radius 2 is 1.93 bits per heavy atom. The number of rotatable bonds is 4. The van der Waals surface area contributed by atoms with Crippen LogP contribution in [0.3, 0.4) is 0 Å². The summed E-state index contributed by atoms with van der Waals surface area (Å²) in [5, 5.41) is 0.899. The molecular formula is C23H22FN3O2. The van der Waals surface area contributed by atoms with Crippen molar-refractivity contribution in [1.82, 2.24) is 14.1 Å². The van der Waals surface area contributed by atoms with Crippen LogP contribution in [0, 0.1) is 11.2 Å². The number of aryl methyl sites for hydroxylation is 1. The van der Waals surface area contributed by atoms with Gasteiger partial charge in [-0.2, -0.15) is 0 Å². The van der Waals surface area contributed by atoms with E-state index in [1.165, 1.54) is 11.7 Å². The quantitative estimate of drug-likeness (QED) is 0.515. The minimum atomic E-state index is -0.433. The molecule has 1 saturated carbocycles. The third-order valence-electron chi connectivity index (χ3n) is 6.05. The van der Waals surface area contributed by atoms with Crippen LogP contribution in [0.25, 0.3) is 33.1 Å². The third-order valence-corrected chi connectivity index (χ3v) is 6.05.